The van der Waals surface area contributed by atoms with E-state index in [1.165, 1.54) is 23.5 Å². The molecular formula is C24H21FN4O2S. The summed E-state index contributed by atoms with van der Waals surface area (Å²) in [5, 5.41) is 4.86. The van der Waals surface area contributed by atoms with Gasteiger partial charge in [0.1, 0.15) is 11.6 Å². The Bertz CT molecular complexity index is 1280. The molecule has 2 aromatic carbocycles. The maximum Gasteiger partial charge on any atom is 0.263 e. The second-order valence-corrected chi connectivity index (χ2v) is 8.83. The van der Waals surface area contributed by atoms with Crippen molar-refractivity contribution < 1.29 is 14.0 Å². The van der Waals surface area contributed by atoms with Crippen molar-refractivity contribution in [1.82, 2.24) is 14.9 Å². The van der Waals surface area contributed by atoms with E-state index in [4.69, 9.17) is 0 Å². The molecule has 1 unspecified atom stereocenters. The molecule has 1 aliphatic heterocycles. The van der Waals surface area contributed by atoms with Crippen molar-refractivity contribution in [2.45, 2.75) is 12.8 Å². The SMILES string of the molecule is O=C(Nc1ccc2nc(-c3cccc(F)c3)[nH]c2c1)C1CCCN(C(=O)c2cccs2)C1. The largest absolute Gasteiger partial charge is 0.338 e. The van der Waals surface area contributed by atoms with Gasteiger partial charge in [-0.2, -0.15) is 0 Å². The number of rotatable bonds is 4. The smallest absolute Gasteiger partial charge is 0.263 e. The highest BCUT2D eigenvalue weighted by Crippen LogP contribution is 2.25. The van der Waals surface area contributed by atoms with Crippen LogP contribution in [0.5, 0.6) is 0 Å². The summed E-state index contributed by atoms with van der Waals surface area (Å²) in [6.07, 6.45) is 1.54. The number of likely N-dealkylation sites (tertiary alicyclic amines) is 1. The number of H-pyrrole nitrogens is 1. The lowest BCUT2D eigenvalue weighted by Crippen LogP contribution is -2.43. The average Bonchev–Trinajstić information content (AvgIpc) is 3.48. The van der Waals surface area contributed by atoms with Crippen LogP contribution in [0.3, 0.4) is 0 Å². The van der Waals surface area contributed by atoms with Crippen LogP contribution in [-0.4, -0.2) is 39.8 Å². The number of aromatic nitrogens is 2. The highest BCUT2D eigenvalue weighted by Gasteiger charge is 2.29. The van der Waals surface area contributed by atoms with Gasteiger partial charge in [-0.3, -0.25) is 9.59 Å². The Hall–Kier alpha value is -3.52. The minimum Gasteiger partial charge on any atom is -0.338 e. The van der Waals surface area contributed by atoms with Crippen molar-refractivity contribution in [3.05, 3.63) is 70.7 Å². The summed E-state index contributed by atoms with van der Waals surface area (Å²) in [5.74, 6) is -0.125. The first-order valence-corrected chi connectivity index (χ1v) is 11.3. The number of amides is 2. The second-order valence-electron chi connectivity index (χ2n) is 7.88. The molecule has 4 aromatic rings. The molecule has 1 fully saturated rings. The third-order valence-corrected chi connectivity index (χ3v) is 6.52. The van der Waals surface area contributed by atoms with E-state index in [-0.39, 0.29) is 23.5 Å². The molecule has 1 atom stereocenters. The fourth-order valence-corrected chi connectivity index (χ4v) is 4.73. The Morgan fingerprint density at radius 1 is 1.16 bits per heavy atom. The number of aromatic amines is 1. The third-order valence-electron chi connectivity index (χ3n) is 5.66. The fourth-order valence-electron chi connectivity index (χ4n) is 4.04. The maximum absolute atomic E-state index is 13.5. The van der Waals surface area contributed by atoms with E-state index in [1.807, 2.05) is 29.6 Å². The Balaban J connectivity index is 1.29. The van der Waals surface area contributed by atoms with E-state index in [2.05, 4.69) is 15.3 Å². The molecule has 5 rings (SSSR count). The zero-order chi connectivity index (χ0) is 22.1. The Morgan fingerprint density at radius 2 is 2.06 bits per heavy atom. The topological polar surface area (TPSA) is 78.1 Å². The number of hydrogen-bond donors (Lipinski definition) is 2. The van der Waals surface area contributed by atoms with Gasteiger partial charge in [0.25, 0.3) is 5.91 Å². The maximum atomic E-state index is 13.5. The molecule has 0 aliphatic carbocycles. The van der Waals surface area contributed by atoms with Crippen molar-refractivity contribution in [2.24, 2.45) is 5.92 Å². The van der Waals surface area contributed by atoms with Gasteiger partial charge >= 0.3 is 0 Å². The number of thiophene rings is 1. The number of imidazole rings is 1. The van der Waals surface area contributed by atoms with Crippen LogP contribution in [0.15, 0.2) is 60.0 Å². The molecule has 1 saturated heterocycles. The first kappa shape index (κ1) is 20.4. The number of hydrogen-bond acceptors (Lipinski definition) is 4. The van der Waals surface area contributed by atoms with E-state index in [0.29, 0.717) is 35.0 Å². The Morgan fingerprint density at radius 3 is 2.88 bits per heavy atom. The summed E-state index contributed by atoms with van der Waals surface area (Å²) < 4.78 is 13.5. The molecule has 32 heavy (non-hydrogen) atoms. The van der Waals surface area contributed by atoms with Gasteiger partial charge in [0.2, 0.25) is 5.91 Å². The van der Waals surface area contributed by atoms with Gasteiger partial charge in [-0.05, 0) is 54.6 Å². The van der Waals surface area contributed by atoms with Crippen molar-refractivity contribution in [3.63, 3.8) is 0 Å². The molecule has 0 spiro atoms. The quantitative estimate of drug-likeness (QED) is 0.465. The normalized spacial score (nSPS) is 16.3. The van der Waals surface area contributed by atoms with Crippen LogP contribution in [0.25, 0.3) is 22.4 Å². The number of nitrogens with one attached hydrogen (secondary N) is 2. The summed E-state index contributed by atoms with van der Waals surface area (Å²) >= 11 is 1.42. The molecule has 0 saturated carbocycles. The molecule has 0 bridgehead atoms. The van der Waals surface area contributed by atoms with E-state index in [0.717, 1.165) is 23.9 Å². The van der Waals surface area contributed by atoms with Crippen molar-refractivity contribution in [3.8, 4) is 11.4 Å². The van der Waals surface area contributed by atoms with E-state index >= 15 is 0 Å². The summed E-state index contributed by atoms with van der Waals surface area (Å²) in [6, 6.07) is 15.3. The molecular weight excluding hydrogens is 427 g/mol. The first-order chi connectivity index (χ1) is 15.6. The highest BCUT2D eigenvalue weighted by molar-refractivity contribution is 7.12. The first-order valence-electron chi connectivity index (χ1n) is 10.5. The highest BCUT2D eigenvalue weighted by atomic mass is 32.1. The number of fused-ring (bicyclic) bond motifs is 1. The van der Waals surface area contributed by atoms with E-state index in [1.54, 1.807) is 23.1 Å². The van der Waals surface area contributed by atoms with Gasteiger partial charge < -0.3 is 15.2 Å². The van der Waals surface area contributed by atoms with Crippen LogP contribution >= 0.6 is 11.3 Å². The molecule has 1 aliphatic rings. The standard InChI is InChI=1S/C24H21FN4O2S/c25-17-6-1-4-15(12-17)22-27-19-9-8-18(13-20(19)28-22)26-23(30)16-5-2-10-29(14-16)24(31)21-7-3-11-32-21/h1,3-4,6-9,11-13,16H,2,5,10,14H2,(H,26,30)(H,27,28). The van der Waals surface area contributed by atoms with Crippen LogP contribution in [0.2, 0.25) is 0 Å². The third kappa shape index (κ3) is 4.13. The lowest BCUT2D eigenvalue weighted by molar-refractivity contribution is -0.121. The zero-order valence-corrected chi connectivity index (χ0v) is 18.0. The lowest BCUT2D eigenvalue weighted by Gasteiger charge is -2.31. The van der Waals surface area contributed by atoms with Crippen LogP contribution in [0.4, 0.5) is 10.1 Å². The fraction of sp³-hybridized carbons (Fsp3) is 0.208. The number of anilines is 1. The average molecular weight is 449 g/mol. The molecule has 162 valence electrons. The Kier molecular flexibility index (Phi) is 5.45. The van der Waals surface area contributed by atoms with E-state index in [9.17, 15) is 14.0 Å². The second kappa shape index (κ2) is 8.55. The predicted molar refractivity (Wildman–Crippen MR) is 123 cm³/mol. The number of piperidine rings is 1. The number of carbonyl (C=O) groups is 2. The van der Waals surface area contributed by atoms with Crippen molar-refractivity contribution >= 4 is 39.9 Å². The summed E-state index contributed by atoms with van der Waals surface area (Å²) in [4.78, 5) is 35.7. The monoisotopic (exact) mass is 448 g/mol. The van der Waals surface area contributed by atoms with Gasteiger partial charge in [-0.25, -0.2) is 9.37 Å². The molecule has 2 N–H and O–H groups in total. The molecule has 3 heterocycles. The Labute approximate surface area is 188 Å². The van der Waals surface area contributed by atoms with Gasteiger partial charge in [-0.15, -0.1) is 11.3 Å². The van der Waals surface area contributed by atoms with Gasteiger partial charge in [-0.1, -0.05) is 18.2 Å². The van der Waals surface area contributed by atoms with Crippen LogP contribution < -0.4 is 5.32 Å². The molecule has 2 aromatic heterocycles. The van der Waals surface area contributed by atoms with E-state index < -0.39 is 0 Å². The predicted octanol–water partition coefficient (Wildman–Crippen LogP) is 4.92. The minimum absolute atomic E-state index is 0.0127. The van der Waals surface area contributed by atoms with Gasteiger partial charge in [0, 0.05) is 24.3 Å². The molecule has 8 heteroatoms. The molecule has 6 nitrogen and oxygen atoms in total. The lowest BCUT2D eigenvalue weighted by atomic mass is 9.97. The van der Waals surface area contributed by atoms with Crippen LogP contribution in [0, 0.1) is 11.7 Å². The summed E-state index contributed by atoms with van der Waals surface area (Å²) in [5.41, 5.74) is 2.79. The number of halogens is 1. The molecule has 0 radical (unpaired) electrons. The minimum atomic E-state index is -0.324. The van der Waals surface area contributed by atoms with Crippen molar-refractivity contribution in [2.75, 3.05) is 18.4 Å². The van der Waals surface area contributed by atoms with Crippen LogP contribution in [-0.2, 0) is 4.79 Å². The summed E-state index contributed by atoms with van der Waals surface area (Å²) in [6.45, 7) is 1.09. The van der Waals surface area contributed by atoms with Gasteiger partial charge in [0.15, 0.2) is 0 Å². The number of carbonyl (C=O) groups excluding carboxylic acids is 2. The summed E-state index contributed by atoms with van der Waals surface area (Å²) in [7, 11) is 0. The van der Waals surface area contributed by atoms with Gasteiger partial charge in [0.05, 0.1) is 21.8 Å². The van der Waals surface area contributed by atoms with Crippen molar-refractivity contribution in [1.29, 1.82) is 0 Å². The number of benzene rings is 2. The number of nitrogens with zero attached hydrogens (tertiary/aromatic N) is 2. The molecule has 2 amide bonds. The zero-order valence-electron chi connectivity index (χ0n) is 17.2. The van der Waals surface area contributed by atoms with Crippen LogP contribution in [0.1, 0.15) is 22.5 Å².